The minimum atomic E-state index is -4.64. The molecule has 0 bridgehead atoms. The van der Waals surface area contributed by atoms with Gasteiger partial charge in [0.15, 0.2) is 0 Å². The topological polar surface area (TPSA) is 87.7 Å². The lowest BCUT2D eigenvalue weighted by Crippen LogP contribution is -2.47. The number of anilines is 1. The molecular formula is C27H34F3N3O4. The van der Waals surface area contributed by atoms with Crippen molar-refractivity contribution in [2.24, 2.45) is 17.8 Å². The van der Waals surface area contributed by atoms with Gasteiger partial charge in [0.1, 0.15) is 12.1 Å². The zero-order valence-corrected chi connectivity index (χ0v) is 21.1. The maximum Gasteiger partial charge on any atom is 0.418 e. The molecule has 4 rings (SSSR count). The highest BCUT2D eigenvalue weighted by atomic mass is 19.4. The van der Waals surface area contributed by atoms with Crippen LogP contribution in [0.1, 0.15) is 57.9 Å². The Morgan fingerprint density at radius 3 is 2.62 bits per heavy atom. The first-order chi connectivity index (χ1) is 17.5. The number of fused-ring (bicyclic) bond motifs is 2. The summed E-state index contributed by atoms with van der Waals surface area (Å²) in [6, 6.07) is 3.84. The zero-order chi connectivity index (χ0) is 26.7. The number of alkyl halides is 3. The van der Waals surface area contributed by atoms with Crippen molar-refractivity contribution < 1.29 is 32.3 Å². The number of allylic oxidation sites excluding steroid dienone is 1. The van der Waals surface area contributed by atoms with Crippen LogP contribution >= 0.6 is 0 Å². The number of hydrogen-bond donors (Lipinski definition) is 2. The van der Waals surface area contributed by atoms with Crippen LogP contribution in [0.15, 0.2) is 36.4 Å². The normalized spacial score (nSPS) is 31.8. The molecular weight excluding hydrogens is 487 g/mol. The predicted molar refractivity (Wildman–Crippen MR) is 131 cm³/mol. The van der Waals surface area contributed by atoms with Crippen LogP contribution in [0.25, 0.3) is 0 Å². The van der Waals surface area contributed by atoms with E-state index in [4.69, 9.17) is 4.74 Å². The monoisotopic (exact) mass is 521 g/mol. The van der Waals surface area contributed by atoms with Crippen LogP contribution in [-0.4, -0.2) is 47.5 Å². The Hall–Kier alpha value is -3.04. The van der Waals surface area contributed by atoms with Gasteiger partial charge in [0, 0.05) is 18.9 Å². The smallest absolute Gasteiger partial charge is 0.418 e. The Labute approximate surface area is 214 Å². The van der Waals surface area contributed by atoms with Gasteiger partial charge in [0.25, 0.3) is 0 Å². The molecule has 2 N–H and O–H groups in total. The van der Waals surface area contributed by atoms with Gasteiger partial charge in [-0.2, -0.15) is 13.2 Å². The number of rotatable bonds is 2. The molecule has 4 unspecified atom stereocenters. The highest BCUT2D eigenvalue weighted by molar-refractivity contribution is 5.89. The minimum Gasteiger partial charge on any atom is -0.444 e. The second kappa shape index (κ2) is 11.1. The van der Waals surface area contributed by atoms with E-state index in [2.05, 4.69) is 29.7 Å². The highest BCUT2D eigenvalue weighted by Crippen LogP contribution is 2.35. The summed E-state index contributed by atoms with van der Waals surface area (Å²) in [6.07, 6.45) is 1.89. The number of nitrogens with zero attached hydrogens (tertiary/aromatic N) is 1. The van der Waals surface area contributed by atoms with E-state index in [0.29, 0.717) is 5.92 Å². The van der Waals surface area contributed by atoms with Crippen molar-refractivity contribution in [3.63, 3.8) is 0 Å². The lowest BCUT2D eigenvalue weighted by Gasteiger charge is -2.25. The predicted octanol–water partition coefficient (Wildman–Crippen LogP) is 5.13. The van der Waals surface area contributed by atoms with E-state index in [1.807, 2.05) is 6.92 Å². The Morgan fingerprint density at radius 1 is 1.11 bits per heavy atom. The van der Waals surface area contributed by atoms with Crippen LogP contribution in [0.5, 0.6) is 0 Å². The van der Waals surface area contributed by atoms with Crippen LogP contribution in [0.3, 0.4) is 0 Å². The van der Waals surface area contributed by atoms with Gasteiger partial charge in [-0.3, -0.25) is 14.9 Å². The number of carbonyl (C=O) groups excluding carboxylic acids is 3. The van der Waals surface area contributed by atoms with Crippen LogP contribution in [0.4, 0.5) is 23.7 Å². The molecule has 7 nitrogen and oxygen atoms in total. The Balaban J connectivity index is 1.45. The van der Waals surface area contributed by atoms with E-state index in [1.165, 1.54) is 17.0 Å². The lowest BCUT2D eigenvalue weighted by molar-refractivity contribution is -0.139. The number of nitrogens with one attached hydrogen (secondary N) is 2. The Kier molecular flexibility index (Phi) is 8.14. The van der Waals surface area contributed by atoms with Gasteiger partial charge >= 0.3 is 12.3 Å². The number of amides is 3. The van der Waals surface area contributed by atoms with E-state index < -0.39 is 35.7 Å². The van der Waals surface area contributed by atoms with Gasteiger partial charge in [0.2, 0.25) is 11.8 Å². The highest BCUT2D eigenvalue weighted by Gasteiger charge is 2.44. The number of hydrogen-bond acceptors (Lipinski definition) is 4. The molecule has 1 aromatic carbocycles. The maximum atomic E-state index is 13.3. The number of para-hydroxylation sites is 1. The van der Waals surface area contributed by atoms with Crippen molar-refractivity contribution in [2.75, 3.05) is 11.9 Å². The third-order valence-corrected chi connectivity index (χ3v) is 7.33. The molecule has 3 aliphatic rings. The summed E-state index contributed by atoms with van der Waals surface area (Å²) in [5.74, 6) is 0.380. The largest absolute Gasteiger partial charge is 0.444 e. The van der Waals surface area contributed by atoms with Crippen molar-refractivity contribution in [1.29, 1.82) is 0 Å². The van der Waals surface area contributed by atoms with Crippen LogP contribution in [0.2, 0.25) is 0 Å². The molecule has 1 aliphatic carbocycles. The number of carbonyl (C=O) groups is 3. The molecule has 10 heteroatoms. The first kappa shape index (κ1) is 27.0. The molecule has 1 saturated carbocycles. The molecule has 37 heavy (non-hydrogen) atoms. The van der Waals surface area contributed by atoms with Crippen LogP contribution in [-0.2, 0) is 20.5 Å². The van der Waals surface area contributed by atoms with Gasteiger partial charge in [-0.25, -0.2) is 4.79 Å². The fourth-order valence-corrected chi connectivity index (χ4v) is 5.36. The SMILES string of the molecule is CC1CC/C=C\[C@@H]2CC2NC(=O)C2C[C@@H](OC(=O)Nc3ccccc3C(F)(F)F)CN2C(=O)CC(C)C1. The van der Waals surface area contributed by atoms with E-state index in [1.54, 1.807) is 0 Å². The summed E-state index contributed by atoms with van der Waals surface area (Å²) in [7, 11) is 0. The van der Waals surface area contributed by atoms with E-state index in [0.717, 1.165) is 37.8 Å². The second-order valence-electron chi connectivity index (χ2n) is 10.7. The summed E-state index contributed by atoms with van der Waals surface area (Å²) in [6.45, 7) is 4.21. The Morgan fingerprint density at radius 2 is 1.86 bits per heavy atom. The van der Waals surface area contributed by atoms with Crippen molar-refractivity contribution in [3.05, 3.63) is 42.0 Å². The first-order valence-corrected chi connectivity index (χ1v) is 12.9. The van der Waals surface area contributed by atoms with Crippen LogP contribution in [0, 0.1) is 17.8 Å². The fraction of sp³-hybridized carbons (Fsp3) is 0.593. The van der Waals surface area contributed by atoms with E-state index in [9.17, 15) is 27.6 Å². The Bertz CT molecular complexity index is 1040. The number of ether oxygens (including phenoxy) is 1. The summed E-state index contributed by atoms with van der Waals surface area (Å²) in [5.41, 5.74) is -1.41. The molecule has 0 aromatic heterocycles. The molecule has 2 fully saturated rings. The summed E-state index contributed by atoms with van der Waals surface area (Å²) < 4.78 is 45.2. The molecule has 0 radical (unpaired) electrons. The van der Waals surface area contributed by atoms with Gasteiger partial charge in [-0.05, 0) is 55.6 Å². The lowest BCUT2D eigenvalue weighted by atomic mass is 9.91. The minimum absolute atomic E-state index is 0.0154. The molecule has 6 atom stereocenters. The van der Waals surface area contributed by atoms with E-state index in [-0.39, 0.29) is 49.1 Å². The molecule has 2 heterocycles. The standard InChI is InChI=1S/C27H34F3N3O4/c1-16-7-3-4-8-18-13-22(18)31-25(35)23-14-19(15-33(23)24(34)12-17(2)11-16)37-26(36)32-21-10-6-5-9-20(21)27(28,29)30/h4-6,8-10,16-19,22-23H,3,7,11-15H2,1-2H3,(H,31,35)(H,32,36)/b8-4-/t16?,17?,18-,19-,22?,23?/m1/s1. The molecule has 3 amide bonds. The van der Waals surface area contributed by atoms with Gasteiger partial charge < -0.3 is 15.0 Å². The average molecular weight is 522 g/mol. The second-order valence-corrected chi connectivity index (χ2v) is 10.7. The molecule has 1 saturated heterocycles. The van der Waals surface area contributed by atoms with Crippen molar-refractivity contribution in [3.8, 4) is 0 Å². The van der Waals surface area contributed by atoms with Gasteiger partial charge in [-0.15, -0.1) is 0 Å². The van der Waals surface area contributed by atoms with Crippen molar-refractivity contribution >= 4 is 23.6 Å². The summed E-state index contributed by atoms with van der Waals surface area (Å²) >= 11 is 0. The first-order valence-electron chi connectivity index (χ1n) is 12.9. The quantitative estimate of drug-likeness (QED) is 0.529. The molecule has 0 spiro atoms. The van der Waals surface area contributed by atoms with Crippen molar-refractivity contribution in [2.45, 2.75) is 76.7 Å². The van der Waals surface area contributed by atoms with Crippen LogP contribution < -0.4 is 10.6 Å². The average Bonchev–Trinajstić information content (AvgIpc) is 3.39. The van der Waals surface area contributed by atoms with Crippen molar-refractivity contribution in [1.82, 2.24) is 10.2 Å². The third kappa shape index (κ3) is 7.05. The molecule has 1 aromatic rings. The van der Waals surface area contributed by atoms with E-state index >= 15 is 0 Å². The maximum absolute atomic E-state index is 13.3. The molecule has 202 valence electrons. The zero-order valence-electron chi connectivity index (χ0n) is 21.1. The third-order valence-electron chi connectivity index (χ3n) is 7.33. The number of benzene rings is 1. The van der Waals surface area contributed by atoms with Gasteiger partial charge in [-0.1, -0.05) is 38.1 Å². The summed E-state index contributed by atoms with van der Waals surface area (Å²) in [5, 5.41) is 5.17. The molecule has 2 aliphatic heterocycles. The number of halogens is 3. The van der Waals surface area contributed by atoms with Gasteiger partial charge in [0.05, 0.1) is 17.8 Å². The fourth-order valence-electron chi connectivity index (χ4n) is 5.36. The summed E-state index contributed by atoms with van der Waals surface area (Å²) in [4.78, 5) is 40.3.